The molecule has 0 aliphatic carbocycles. The van der Waals surface area contributed by atoms with Gasteiger partial charge >= 0.3 is 0 Å². The Hall–Kier alpha value is -4.17. The van der Waals surface area contributed by atoms with E-state index in [1.807, 2.05) is 32.9 Å². The second-order valence-electron chi connectivity index (χ2n) is 9.29. The number of amides is 1. The molecule has 0 radical (unpaired) electrons. The number of carbonyl (C=O) groups is 1. The summed E-state index contributed by atoms with van der Waals surface area (Å²) in [6.45, 7) is 5.96. The number of ether oxygens (including phenoxy) is 2. The monoisotopic (exact) mass is 512 g/mol. The van der Waals surface area contributed by atoms with Crippen molar-refractivity contribution in [3.05, 3.63) is 92.3 Å². The zero-order valence-electron chi connectivity index (χ0n) is 21.0. The minimum absolute atomic E-state index is 0.0355. The summed E-state index contributed by atoms with van der Waals surface area (Å²) in [6.07, 6.45) is 0. The molecule has 1 aliphatic heterocycles. The van der Waals surface area contributed by atoms with Crippen molar-refractivity contribution in [1.82, 2.24) is 4.98 Å². The molecule has 1 aliphatic rings. The lowest BCUT2D eigenvalue weighted by Crippen LogP contribution is -2.29. The highest BCUT2D eigenvalue weighted by atomic mass is 32.1. The smallest absolute Gasteiger partial charge is 0.297 e. The van der Waals surface area contributed by atoms with E-state index in [4.69, 9.17) is 18.9 Å². The van der Waals surface area contributed by atoms with E-state index in [9.17, 15) is 9.59 Å². The minimum Gasteiger partial charge on any atom is -0.493 e. The van der Waals surface area contributed by atoms with Crippen LogP contribution in [0.5, 0.6) is 11.5 Å². The van der Waals surface area contributed by atoms with Crippen LogP contribution in [0.3, 0.4) is 0 Å². The first-order valence-electron chi connectivity index (χ1n) is 11.8. The molecule has 0 N–H and O–H groups in total. The second-order valence-corrected chi connectivity index (χ2v) is 10.3. The van der Waals surface area contributed by atoms with Gasteiger partial charge in [-0.05, 0) is 67.8 Å². The summed E-state index contributed by atoms with van der Waals surface area (Å²) in [4.78, 5) is 34.3. The number of hydrogen-bond donors (Lipinski definition) is 0. The highest BCUT2D eigenvalue weighted by Gasteiger charge is 2.45. The molecule has 1 amide bonds. The van der Waals surface area contributed by atoms with Crippen LogP contribution in [-0.2, 0) is 0 Å². The average Bonchev–Trinajstić information content (AvgIpc) is 3.43. The van der Waals surface area contributed by atoms with Crippen molar-refractivity contribution >= 4 is 43.6 Å². The summed E-state index contributed by atoms with van der Waals surface area (Å²) in [7, 11) is 3.11. The van der Waals surface area contributed by atoms with Gasteiger partial charge in [-0.1, -0.05) is 35.1 Å². The van der Waals surface area contributed by atoms with Crippen molar-refractivity contribution in [1.29, 1.82) is 0 Å². The van der Waals surface area contributed by atoms with Crippen LogP contribution >= 0.6 is 11.3 Å². The molecule has 6 rings (SSSR count). The SMILES string of the molecule is COc1ccc(C2c3c(oc4ccc(C)cc4c3=O)C(=O)N2c2nc3c(C)cc(C)cc3s2)cc1OC. The third kappa shape index (κ3) is 3.51. The van der Waals surface area contributed by atoms with E-state index >= 15 is 0 Å². The Bertz CT molecular complexity index is 1800. The predicted molar refractivity (Wildman–Crippen MR) is 145 cm³/mol. The summed E-state index contributed by atoms with van der Waals surface area (Å²) >= 11 is 1.42. The fourth-order valence-corrected chi connectivity index (χ4v) is 6.25. The number of anilines is 1. The number of carbonyl (C=O) groups excluding carboxylic acids is 1. The van der Waals surface area contributed by atoms with Crippen LogP contribution in [0.15, 0.2) is 57.7 Å². The molecule has 7 nitrogen and oxygen atoms in total. The van der Waals surface area contributed by atoms with Gasteiger partial charge in [0.1, 0.15) is 5.58 Å². The van der Waals surface area contributed by atoms with Gasteiger partial charge in [0.25, 0.3) is 5.91 Å². The summed E-state index contributed by atoms with van der Waals surface area (Å²) in [6, 6.07) is 14.2. The summed E-state index contributed by atoms with van der Waals surface area (Å²) < 4.78 is 18.0. The van der Waals surface area contributed by atoms with Crippen LogP contribution in [0, 0.1) is 20.8 Å². The lowest BCUT2D eigenvalue weighted by molar-refractivity contribution is 0.0971. The Morgan fingerprint density at radius 3 is 2.46 bits per heavy atom. The van der Waals surface area contributed by atoms with Crippen LogP contribution in [0.4, 0.5) is 5.13 Å². The van der Waals surface area contributed by atoms with Crippen LogP contribution in [0.2, 0.25) is 0 Å². The number of aryl methyl sites for hydroxylation is 3. The number of hydrogen-bond acceptors (Lipinski definition) is 7. The minimum atomic E-state index is -0.745. The molecular weight excluding hydrogens is 488 g/mol. The third-order valence-electron chi connectivity index (χ3n) is 6.77. The standard InChI is InChI=1S/C29H24N2O5S/c1-14-6-8-19-18(11-14)26(32)23-25(17-7-9-20(34-4)21(13-17)35-5)31(28(33)27(23)36-19)29-30-24-16(3)10-15(2)12-22(24)37-29/h6-13,25H,1-5H3. The molecule has 0 saturated heterocycles. The summed E-state index contributed by atoms with van der Waals surface area (Å²) in [5.41, 5.74) is 5.04. The van der Waals surface area contributed by atoms with E-state index in [0.717, 1.165) is 26.9 Å². The molecule has 3 aromatic carbocycles. The largest absolute Gasteiger partial charge is 0.493 e. The fourth-order valence-electron chi connectivity index (χ4n) is 5.08. The Kier molecular flexibility index (Phi) is 5.31. The van der Waals surface area contributed by atoms with Gasteiger partial charge in [-0.15, -0.1) is 0 Å². The first-order chi connectivity index (χ1) is 17.8. The number of methoxy groups -OCH3 is 2. The maximum atomic E-state index is 14.0. The zero-order chi connectivity index (χ0) is 26.0. The molecule has 0 bridgehead atoms. The van der Waals surface area contributed by atoms with E-state index < -0.39 is 11.9 Å². The van der Waals surface area contributed by atoms with Gasteiger partial charge in [0.2, 0.25) is 5.76 Å². The molecule has 186 valence electrons. The van der Waals surface area contributed by atoms with Crippen molar-refractivity contribution in [2.45, 2.75) is 26.8 Å². The van der Waals surface area contributed by atoms with E-state index in [0.29, 0.717) is 38.7 Å². The Morgan fingerprint density at radius 1 is 0.919 bits per heavy atom. The molecule has 1 atom stereocenters. The van der Waals surface area contributed by atoms with Crippen LogP contribution in [0.1, 0.15) is 44.4 Å². The van der Waals surface area contributed by atoms with E-state index in [1.165, 1.54) is 11.3 Å². The lowest BCUT2D eigenvalue weighted by atomic mass is 9.98. The molecule has 8 heteroatoms. The molecular formula is C29H24N2O5S. The molecule has 0 saturated carbocycles. The molecule has 1 unspecified atom stereocenters. The predicted octanol–water partition coefficient (Wildman–Crippen LogP) is 6.09. The first-order valence-corrected chi connectivity index (χ1v) is 12.6. The van der Waals surface area contributed by atoms with Gasteiger partial charge in [-0.25, -0.2) is 4.98 Å². The van der Waals surface area contributed by atoms with Crippen molar-refractivity contribution in [2.75, 3.05) is 19.1 Å². The highest BCUT2D eigenvalue weighted by molar-refractivity contribution is 7.22. The maximum absolute atomic E-state index is 14.0. The second kappa shape index (κ2) is 8.45. The topological polar surface area (TPSA) is 81.9 Å². The number of aromatic nitrogens is 1. The fraction of sp³-hybridized carbons (Fsp3) is 0.207. The summed E-state index contributed by atoms with van der Waals surface area (Å²) in [5.74, 6) is 0.684. The number of rotatable bonds is 4. The van der Waals surface area contributed by atoms with Crippen molar-refractivity contribution in [2.24, 2.45) is 0 Å². The van der Waals surface area contributed by atoms with Crippen molar-refractivity contribution in [3.8, 4) is 11.5 Å². The van der Waals surface area contributed by atoms with Crippen LogP contribution in [0.25, 0.3) is 21.2 Å². The quantitative estimate of drug-likeness (QED) is 0.290. The molecule has 3 heterocycles. The van der Waals surface area contributed by atoms with Crippen LogP contribution in [-0.4, -0.2) is 25.1 Å². The van der Waals surface area contributed by atoms with Gasteiger partial charge in [0, 0.05) is 0 Å². The molecule has 0 fully saturated rings. The average molecular weight is 513 g/mol. The summed E-state index contributed by atoms with van der Waals surface area (Å²) in [5, 5.41) is 0.939. The maximum Gasteiger partial charge on any atom is 0.297 e. The van der Waals surface area contributed by atoms with Gasteiger partial charge in [-0.3, -0.25) is 14.5 Å². The van der Waals surface area contributed by atoms with Gasteiger partial charge in [-0.2, -0.15) is 0 Å². The van der Waals surface area contributed by atoms with E-state index in [-0.39, 0.29) is 11.2 Å². The Labute approximate surface area is 216 Å². The Balaban J connectivity index is 1.65. The molecule has 0 spiro atoms. The number of benzene rings is 3. The zero-order valence-corrected chi connectivity index (χ0v) is 21.9. The van der Waals surface area contributed by atoms with Crippen molar-refractivity contribution < 1.29 is 18.7 Å². The van der Waals surface area contributed by atoms with E-state index in [1.54, 1.807) is 43.4 Å². The molecule has 37 heavy (non-hydrogen) atoms. The number of nitrogens with zero attached hydrogens (tertiary/aromatic N) is 2. The number of fused-ring (bicyclic) bond motifs is 3. The van der Waals surface area contributed by atoms with E-state index in [2.05, 4.69) is 12.1 Å². The molecule has 2 aromatic heterocycles. The number of thiazole rings is 1. The van der Waals surface area contributed by atoms with Gasteiger partial charge < -0.3 is 13.9 Å². The Morgan fingerprint density at radius 2 is 1.70 bits per heavy atom. The van der Waals surface area contributed by atoms with Crippen LogP contribution < -0.4 is 19.8 Å². The molecule has 5 aromatic rings. The first kappa shape index (κ1) is 23.2. The lowest BCUT2D eigenvalue weighted by Gasteiger charge is -2.23. The third-order valence-corrected chi connectivity index (χ3v) is 7.78. The van der Waals surface area contributed by atoms with Gasteiger partial charge in [0.05, 0.1) is 41.4 Å². The normalized spacial score (nSPS) is 15.0. The van der Waals surface area contributed by atoms with Crippen molar-refractivity contribution in [3.63, 3.8) is 0 Å². The van der Waals surface area contributed by atoms with Gasteiger partial charge in [0.15, 0.2) is 22.1 Å². The highest BCUT2D eigenvalue weighted by Crippen LogP contribution is 2.45.